The van der Waals surface area contributed by atoms with Crippen LogP contribution in [0.3, 0.4) is 0 Å². The molecule has 1 N–H and O–H groups in total. The van der Waals surface area contributed by atoms with Crippen LogP contribution >= 0.6 is 11.6 Å². The zero-order valence-corrected chi connectivity index (χ0v) is 13.6. The average Bonchev–Trinajstić information content (AvgIpc) is 2.84. The van der Waals surface area contributed by atoms with Crippen molar-refractivity contribution in [3.8, 4) is 0 Å². The molecule has 0 amide bonds. The van der Waals surface area contributed by atoms with Crippen LogP contribution in [0.2, 0.25) is 5.02 Å². The summed E-state index contributed by atoms with van der Waals surface area (Å²) in [4.78, 5) is 4.77. The lowest BCUT2D eigenvalue weighted by Crippen LogP contribution is -2.37. The summed E-state index contributed by atoms with van der Waals surface area (Å²) in [6, 6.07) is 7.11. The Bertz CT molecular complexity index is 434. The maximum Gasteiger partial charge on any atom is 0.0471 e. The van der Waals surface area contributed by atoms with Crippen molar-refractivity contribution >= 4 is 17.3 Å². The minimum atomic E-state index is 0.612. The van der Waals surface area contributed by atoms with Crippen molar-refractivity contribution in [3.63, 3.8) is 0 Å². The third kappa shape index (κ3) is 3.87. The van der Waals surface area contributed by atoms with Crippen LogP contribution in [-0.4, -0.2) is 44.7 Å². The van der Waals surface area contributed by atoms with E-state index in [2.05, 4.69) is 54.3 Å². The van der Waals surface area contributed by atoms with Crippen molar-refractivity contribution in [2.45, 2.75) is 32.4 Å². The molecule has 1 fully saturated rings. The van der Waals surface area contributed by atoms with E-state index in [-0.39, 0.29) is 0 Å². The third-order valence-corrected chi connectivity index (χ3v) is 4.24. The zero-order chi connectivity index (χ0) is 14.5. The molecule has 4 heteroatoms. The fourth-order valence-electron chi connectivity index (χ4n) is 2.90. The second-order valence-electron chi connectivity index (χ2n) is 5.81. The van der Waals surface area contributed by atoms with Crippen LogP contribution in [0.4, 0.5) is 5.69 Å². The van der Waals surface area contributed by atoms with E-state index in [0.717, 1.165) is 31.2 Å². The maximum atomic E-state index is 6.42. The predicted octanol–water partition coefficient (Wildman–Crippen LogP) is 2.98. The first-order chi connectivity index (χ1) is 9.61. The Morgan fingerprint density at radius 2 is 2.20 bits per heavy atom. The molecule has 1 aromatic carbocycles. The molecule has 2 rings (SSSR count). The summed E-state index contributed by atoms with van der Waals surface area (Å²) in [5, 5.41) is 4.20. The summed E-state index contributed by atoms with van der Waals surface area (Å²) >= 11 is 6.42. The lowest BCUT2D eigenvalue weighted by atomic mass is 10.1. The molecule has 1 heterocycles. The third-order valence-electron chi connectivity index (χ3n) is 3.89. The molecule has 1 unspecified atom stereocenters. The Hall–Kier alpha value is -0.770. The van der Waals surface area contributed by atoms with Crippen molar-refractivity contribution in [2.75, 3.05) is 38.6 Å². The molecule has 0 aliphatic carbocycles. The second-order valence-corrected chi connectivity index (χ2v) is 6.21. The first-order valence-corrected chi connectivity index (χ1v) is 7.90. The number of halogens is 1. The van der Waals surface area contributed by atoms with Crippen LogP contribution in [-0.2, 0) is 6.54 Å². The normalized spacial score (nSPS) is 19.1. The second kappa shape index (κ2) is 7.30. The molecule has 0 aromatic heterocycles. The Morgan fingerprint density at radius 1 is 1.40 bits per heavy atom. The number of rotatable bonds is 6. The van der Waals surface area contributed by atoms with Crippen LogP contribution in [0, 0.1) is 0 Å². The van der Waals surface area contributed by atoms with Gasteiger partial charge in [0.25, 0.3) is 0 Å². The molecule has 112 valence electrons. The summed E-state index contributed by atoms with van der Waals surface area (Å²) in [6.07, 6.45) is 2.55. The van der Waals surface area contributed by atoms with Gasteiger partial charge in [0, 0.05) is 36.4 Å². The molecular weight excluding hydrogens is 270 g/mol. The van der Waals surface area contributed by atoms with E-state index in [0.29, 0.717) is 6.04 Å². The maximum absolute atomic E-state index is 6.42. The molecule has 0 radical (unpaired) electrons. The van der Waals surface area contributed by atoms with E-state index in [4.69, 9.17) is 11.6 Å². The van der Waals surface area contributed by atoms with Gasteiger partial charge in [-0.25, -0.2) is 0 Å². The number of anilines is 1. The van der Waals surface area contributed by atoms with Gasteiger partial charge in [0.15, 0.2) is 0 Å². The van der Waals surface area contributed by atoms with Crippen molar-refractivity contribution in [2.24, 2.45) is 0 Å². The van der Waals surface area contributed by atoms with Gasteiger partial charge in [-0.05, 0) is 51.2 Å². The van der Waals surface area contributed by atoms with Crippen LogP contribution in [0.25, 0.3) is 0 Å². The van der Waals surface area contributed by atoms with Crippen LogP contribution in [0.1, 0.15) is 25.3 Å². The van der Waals surface area contributed by atoms with Gasteiger partial charge in [-0.15, -0.1) is 0 Å². The summed E-state index contributed by atoms with van der Waals surface area (Å²) in [6.45, 7) is 6.17. The fourth-order valence-corrected chi connectivity index (χ4v) is 3.15. The standard InChI is InChI=1S/C16H26ClN3/c1-4-18-11-13-7-8-14(10-16(13)17)20-9-5-6-15(20)12-19(2)3/h7-8,10,15,18H,4-6,9,11-12H2,1-3H3. The molecule has 1 aliphatic rings. The number of hydrogen-bond donors (Lipinski definition) is 1. The predicted molar refractivity (Wildman–Crippen MR) is 87.8 cm³/mol. The van der Waals surface area contributed by atoms with Gasteiger partial charge in [-0.2, -0.15) is 0 Å². The zero-order valence-electron chi connectivity index (χ0n) is 12.8. The van der Waals surface area contributed by atoms with Crippen molar-refractivity contribution in [3.05, 3.63) is 28.8 Å². The summed E-state index contributed by atoms with van der Waals surface area (Å²) in [7, 11) is 4.28. The molecular formula is C16H26ClN3. The van der Waals surface area contributed by atoms with Gasteiger partial charge in [0.05, 0.1) is 0 Å². The average molecular weight is 296 g/mol. The Morgan fingerprint density at radius 3 is 2.85 bits per heavy atom. The lowest BCUT2D eigenvalue weighted by molar-refractivity contribution is 0.372. The van der Waals surface area contributed by atoms with E-state index >= 15 is 0 Å². The van der Waals surface area contributed by atoms with E-state index in [1.165, 1.54) is 24.1 Å². The van der Waals surface area contributed by atoms with Crippen molar-refractivity contribution in [1.82, 2.24) is 10.2 Å². The highest BCUT2D eigenvalue weighted by Crippen LogP contribution is 2.29. The lowest BCUT2D eigenvalue weighted by Gasteiger charge is -2.29. The monoisotopic (exact) mass is 295 g/mol. The van der Waals surface area contributed by atoms with Crippen molar-refractivity contribution in [1.29, 1.82) is 0 Å². The van der Waals surface area contributed by atoms with Crippen LogP contribution < -0.4 is 10.2 Å². The molecule has 0 bridgehead atoms. The highest BCUT2D eigenvalue weighted by molar-refractivity contribution is 6.31. The molecule has 0 spiro atoms. The first kappa shape index (κ1) is 15.6. The van der Waals surface area contributed by atoms with E-state index < -0.39 is 0 Å². The van der Waals surface area contributed by atoms with Crippen molar-refractivity contribution < 1.29 is 0 Å². The van der Waals surface area contributed by atoms with Crippen LogP contribution in [0.5, 0.6) is 0 Å². The number of hydrogen-bond acceptors (Lipinski definition) is 3. The number of nitrogens with zero attached hydrogens (tertiary/aromatic N) is 2. The largest absolute Gasteiger partial charge is 0.367 e. The quantitative estimate of drug-likeness (QED) is 0.870. The molecule has 0 saturated carbocycles. The smallest absolute Gasteiger partial charge is 0.0471 e. The van der Waals surface area contributed by atoms with Gasteiger partial charge in [-0.1, -0.05) is 24.6 Å². The summed E-state index contributed by atoms with van der Waals surface area (Å²) < 4.78 is 0. The molecule has 1 atom stereocenters. The van der Waals surface area contributed by atoms with E-state index in [1.807, 2.05) is 0 Å². The van der Waals surface area contributed by atoms with Gasteiger partial charge >= 0.3 is 0 Å². The molecule has 1 aliphatic heterocycles. The summed E-state index contributed by atoms with van der Waals surface area (Å²) in [5.74, 6) is 0. The first-order valence-electron chi connectivity index (χ1n) is 7.52. The number of nitrogens with one attached hydrogen (secondary N) is 1. The van der Waals surface area contributed by atoms with Gasteiger partial charge in [0.1, 0.15) is 0 Å². The minimum absolute atomic E-state index is 0.612. The molecule has 3 nitrogen and oxygen atoms in total. The summed E-state index contributed by atoms with van der Waals surface area (Å²) in [5.41, 5.74) is 2.44. The highest BCUT2D eigenvalue weighted by atomic mass is 35.5. The molecule has 1 saturated heterocycles. The highest BCUT2D eigenvalue weighted by Gasteiger charge is 2.25. The topological polar surface area (TPSA) is 18.5 Å². The van der Waals surface area contributed by atoms with E-state index in [1.54, 1.807) is 0 Å². The Balaban J connectivity index is 2.10. The molecule has 1 aromatic rings. The van der Waals surface area contributed by atoms with Gasteiger partial charge in [0.2, 0.25) is 0 Å². The number of likely N-dealkylation sites (N-methyl/N-ethyl adjacent to an activating group) is 1. The van der Waals surface area contributed by atoms with Gasteiger partial charge in [-0.3, -0.25) is 0 Å². The minimum Gasteiger partial charge on any atom is -0.367 e. The van der Waals surface area contributed by atoms with E-state index in [9.17, 15) is 0 Å². The Kier molecular flexibility index (Phi) is 5.70. The SMILES string of the molecule is CCNCc1ccc(N2CCCC2CN(C)C)cc1Cl. The Labute approximate surface area is 127 Å². The van der Waals surface area contributed by atoms with Gasteiger partial charge < -0.3 is 15.1 Å². The van der Waals surface area contributed by atoms with Crippen LogP contribution in [0.15, 0.2) is 18.2 Å². The molecule has 20 heavy (non-hydrogen) atoms. The number of benzene rings is 1. The fraction of sp³-hybridized carbons (Fsp3) is 0.625.